The molecular formula is C31H27N7O2. The number of benzene rings is 2. The highest BCUT2D eigenvalue weighted by Gasteiger charge is 2.37. The van der Waals surface area contributed by atoms with Crippen LogP contribution in [0.4, 0.5) is 4.79 Å². The zero-order valence-corrected chi connectivity index (χ0v) is 22.0. The molecule has 4 aromatic heterocycles. The molecule has 0 unspecified atom stereocenters. The van der Waals surface area contributed by atoms with Crippen molar-refractivity contribution in [1.82, 2.24) is 34.4 Å². The van der Waals surface area contributed by atoms with E-state index in [4.69, 9.17) is 4.98 Å². The predicted octanol–water partition coefficient (Wildman–Crippen LogP) is 6.05. The molecule has 0 radical (unpaired) electrons. The summed E-state index contributed by atoms with van der Waals surface area (Å²) in [5, 5.41) is 22.2. The minimum absolute atomic E-state index is 0.534. The lowest BCUT2D eigenvalue weighted by Gasteiger charge is -2.29. The molecule has 1 aliphatic carbocycles. The Morgan fingerprint density at radius 2 is 1.75 bits per heavy atom. The van der Waals surface area contributed by atoms with Gasteiger partial charge in [0, 0.05) is 36.0 Å². The molecule has 2 N–H and O–H groups in total. The van der Waals surface area contributed by atoms with Gasteiger partial charge in [0.15, 0.2) is 11.5 Å². The van der Waals surface area contributed by atoms with Crippen LogP contribution in [-0.2, 0) is 12.6 Å². The highest BCUT2D eigenvalue weighted by atomic mass is 16.4. The molecule has 1 fully saturated rings. The zero-order valence-electron chi connectivity index (χ0n) is 22.0. The monoisotopic (exact) mass is 529 g/mol. The molecule has 0 aliphatic heterocycles. The van der Waals surface area contributed by atoms with E-state index >= 15 is 0 Å². The third kappa shape index (κ3) is 3.98. The number of hydrogen-bond acceptors (Lipinski definition) is 5. The average molecular weight is 530 g/mol. The fourth-order valence-electron chi connectivity index (χ4n) is 5.97. The summed E-state index contributed by atoms with van der Waals surface area (Å²) in [6, 6.07) is 22.5. The number of aryl methyl sites for hydroxylation is 1. The normalized spacial score (nSPS) is 14.6. The lowest BCUT2D eigenvalue weighted by Crippen LogP contribution is -2.43. The van der Waals surface area contributed by atoms with Gasteiger partial charge in [-0.05, 0) is 36.1 Å². The Morgan fingerprint density at radius 3 is 2.45 bits per heavy atom. The van der Waals surface area contributed by atoms with Gasteiger partial charge >= 0.3 is 6.09 Å². The Hall–Kier alpha value is -5.05. The van der Waals surface area contributed by atoms with E-state index in [0.29, 0.717) is 11.5 Å². The van der Waals surface area contributed by atoms with Crippen molar-refractivity contribution in [3.05, 3.63) is 91.0 Å². The van der Waals surface area contributed by atoms with E-state index in [-0.39, 0.29) is 0 Å². The molecule has 6 aromatic rings. The molecular weight excluding hydrogens is 502 g/mol. The van der Waals surface area contributed by atoms with E-state index in [9.17, 15) is 9.90 Å². The van der Waals surface area contributed by atoms with Gasteiger partial charge in [-0.15, -0.1) is 10.2 Å². The molecule has 198 valence electrons. The molecule has 0 bridgehead atoms. The number of rotatable bonds is 5. The molecule has 1 saturated carbocycles. The van der Waals surface area contributed by atoms with Crippen molar-refractivity contribution in [3.8, 4) is 33.9 Å². The summed E-state index contributed by atoms with van der Waals surface area (Å²) in [7, 11) is 1.93. The average Bonchev–Trinajstić information content (AvgIpc) is 3.73. The van der Waals surface area contributed by atoms with Gasteiger partial charge in [0.25, 0.3) is 0 Å². The van der Waals surface area contributed by atoms with Gasteiger partial charge in [-0.1, -0.05) is 67.4 Å². The van der Waals surface area contributed by atoms with Crippen molar-refractivity contribution in [2.45, 2.75) is 31.2 Å². The molecule has 9 heteroatoms. The van der Waals surface area contributed by atoms with Gasteiger partial charge in [0.05, 0.1) is 23.1 Å². The second-order valence-corrected chi connectivity index (χ2v) is 10.4. The van der Waals surface area contributed by atoms with Crippen molar-refractivity contribution in [1.29, 1.82) is 0 Å². The summed E-state index contributed by atoms with van der Waals surface area (Å²) < 4.78 is 3.84. The summed E-state index contributed by atoms with van der Waals surface area (Å²) >= 11 is 0. The highest BCUT2D eigenvalue weighted by molar-refractivity contribution is 5.98. The lowest BCUT2D eigenvalue weighted by atomic mass is 9.87. The molecule has 0 saturated heterocycles. The largest absolute Gasteiger partial charge is 0.465 e. The highest BCUT2D eigenvalue weighted by Crippen LogP contribution is 2.40. The summed E-state index contributed by atoms with van der Waals surface area (Å²) in [5.41, 5.74) is 6.57. The molecule has 1 aliphatic rings. The first kappa shape index (κ1) is 24.0. The Balaban J connectivity index is 1.38. The summed E-state index contributed by atoms with van der Waals surface area (Å²) in [6.07, 6.45) is 8.23. The minimum atomic E-state index is -0.987. The Morgan fingerprint density at radius 1 is 0.975 bits per heavy atom. The van der Waals surface area contributed by atoms with Crippen LogP contribution in [0, 0.1) is 0 Å². The van der Waals surface area contributed by atoms with Gasteiger partial charge in [0.2, 0.25) is 0 Å². The first-order chi connectivity index (χ1) is 19.5. The van der Waals surface area contributed by atoms with Crippen LogP contribution in [0.5, 0.6) is 0 Å². The topological polar surface area (TPSA) is 110 Å². The Kier molecular flexibility index (Phi) is 5.59. The van der Waals surface area contributed by atoms with Gasteiger partial charge < -0.3 is 15.0 Å². The van der Waals surface area contributed by atoms with E-state index in [1.165, 1.54) is 0 Å². The minimum Gasteiger partial charge on any atom is -0.465 e. The second-order valence-electron chi connectivity index (χ2n) is 10.4. The quantitative estimate of drug-likeness (QED) is 0.281. The lowest BCUT2D eigenvalue weighted by molar-refractivity contribution is 0.177. The van der Waals surface area contributed by atoms with Crippen LogP contribution in [0.25, 0.3) is 50.5 Å². The molecule has 0 spiro atoms. The number of carboxylic acid groups (broad SMARTS) is 1. The number of fused-ring (bicyclic) bond motifs is 3. The van der Waals surface area contributed by atoms with Crippen molar-refractivity contribution in [2.75, 3.05) is 0 Å². The molecule has 1 amide bonds. The number of imidazole rings is 1. The van der Waals surface area contributed by atoms with Crippen LogP contribution in [-0.4, -0.2) is 40.3 Å². The number of carbonyl (C=O) groups is 1. The maximum absolute atomic E-state index is 11.6. The van der Waals surface area contributed by atoms with Crippen LogP contribution in [0.1, 0.15) is 31.2 Å². The smallest absolute Gasteiger partial charge is 0.405 e. The number of nitrogens with zero attached hydrogens (tertiary/aromatic N) is 6. The van der Waals surface area contributed by atoms with Crippen molar-refractivity contribution in [2.24, 2.45) is 7.05 Å². The molecule has 9 nitrogen and oxygen atoms in total. The molecule has 40 heavy (non-hydrogen) atoms. The van der Waals surface area contributed by atoms with Gasteiger partial charge in [-0.2, -0.15) is 0 Å². The van der Waals surface area contributed by atoms with Crippen molar-refractivity contribution in [3.63, 3.8) is 0 Å². The van der Waals surface area contributed by atoms with Crippen LogP contribution >= 0.6 is 0 Å². The Labute approximate surface area is 230 Å². The Bertz CT molecular complexity index is 1870. The molecule has 7 rings (SSSR count). The van der Waals surface area contributed by atoms with Crippen LogP contribution in [0.3, 0.4) is 0 Å². The third-order valence-electron chi connectivity index (χ3n) is 7.90. The second kappa shape index (κ2) is 9.30. The van der Waals surface area contributed by atoms with Crippen molar-refractivity contribution < 1.29 is 9.90 Å². The molecule has 2 aromatic carbocycles. The summed E-state index contributed by atoms with van der Waals surface area (Å²) in [6.45, 7) is 0. The molecule has 4 heterocycles. The maximum atomic E-state index is 11.6. The van der Waals surface area contributed by atoms with Gasteiger partial charge in [0.1, 0.15) is 5.69 Å². The third-order valence-corrected chi connectivity index (χ3v) is 7.90. The fourth-order valence-corrected chi connectivity index (χ4v) is 5.97. The van der Waals surface area contributed by atoms with E-state index in [0.717, 1.165) is 70.2 Å². The van der Waals surface area contributed by atoms with Crippen LogP contribution in [0.2, 0.25) is 0 Å². The first-order valence-corrected chi connectivity index (χ1v) is 13.4. The van der Waals surface area contributed by atoms with E-state index in [1.807, 2.05) is 76.9 Å². The van der Waals surface area contributed by atoms with Gasteiger partial charge in [-0.3, -0.25) is 4.40 Å². The van der Waals surface area contributed by atoms with E-state index < -0.39 is 11.6 Å². The summed E-state index contributed by atoms with van der Waals surface area (Å²) in [5.74, 6) is 0.675. The number of pyridine rings is 2. The number of aromatic nitrogens is 6. The standard InChI is InChI=1S/C31H27N7O2/c1-37-18-26(32-19-37)29-36-35-28-24-17-23(20-7-3-2-4-8-20)27(33-25(24)13-16-38(28)29)21-9-11-22(12-10-21)31(34-30(39)40)14-5-6-15-31/h2-4,7-13,16-19,34H,5-6,14-15H2,1H3,(H,39,40). The number of hydrogen-bond donors (Lipinski definition) is 2. The predicted molar refractivity (Wildman–Crippen MR) is 153 cm³/mol. The van der Waals surface area contributed by atoms with E-state index in [1.54, 1.807) is 6.33 Å². The SMILES string of the molecule is Cn1cnc(-c2nnc3c4cc(-c5ccccc5)c(-c5ccc(C6(NC(=O)O)CCCC6)cc5)nc4ccn23)c1. The van der Waals surface area contributed by atoms with Gasteiger partial charge in [-0.25, -0.2) is 14.8 Å². The fraction of sp³-hybridized carbons (Fsp3) is 0.194. The van der Waals surface area contributed by atoms with Crippen LogP contribution < -0.4 is 5.32 Å². The maximum Gasteiger partial charge on any atom is 0.405 e. The summed E-state index contributed by atoms with van der Waals surface area (Å²) in [4.78, 5) is 21.2. The van der Waals surface area contributed by atoms with E-state index in [2.05, 4.69) is 38.7 Å². The first-order valence-electron chi connectivity index (χ1n) is 13.4. The van der Waals surface area contributed by atoms with Crippen molar-refractivity contribution >= 4 is 22.6 Å². The number of amides is 1. The molecule has 0 atom stereocenters. The zero-order chi connectivity index (χ0) is 27.3. The number of nitrogens with one attached hydrogen (secondary N) is 1. The van der Waals surface area contributed by atoms with Crippen LogP contribution in [0.15, 0.2) is 85.5 Å².